The second kappa shape index (κ2) is 11.0. The van der Waals surface area contributed by atoms with Crippen molar-refractivity contribution in [1.29, 1.82) is 0 Å². The summed E-state index contributed by atoms with van der Waals surface area (Å²) >= 11 is 3.51. The van der Waals surface area contributed by atoms with Crippen molar-refractivity contribution in [1.82, 2.24) is 19.6 Å². The molecule has 10 heteroatoms. The number of para-hydroxylation sites is 2. The molecule has 3 heterocycles. The first-order valence-corrected chi connectivity index (χ1v) is 13.5. The Morgan fingerprint density at radius 3 is 2.46 bits per heavy atom. The van der Waals surface area contributed by atoms with Crippen molar-refractivity contribution in [3.63, 3.8) is 0 Å². The Labute approximate surface area is 224 Å². The smallest absolute Gasteiger partial charge is 0.292 e. The fraction of sp³-hybridized carbons (Fsp3) is 0.407. The summed E-state index contributed by atoms with van der Waals surface area (Å²) < 4.78 is 3.17. The van der Waals surface area contributed by atoms with E-state index in [1.165, 1.54) is 5.69 Å². The number of nitro groups is 1. The van der Waals surface area contributed by atoms with Gasteiger partial charge in [0.2, 0.25) is 5.91 Å². The molecule has 1 fully saturated rings. The van der Waals surface area contributed by atoms with Gasteiger partial charge in [-0.05, 0) is 24.6 Å². The summed E-state index contributed by atoms with van der Waals surface area (Å²) in [7, 11) is 0. The van der Waals surface area contributed by atoms with E-state index in [1.54, 1.807) is 19.1 Å². The number of amides is 1. The number of rotatable bonds is 7. The normalized spacial score (nSPS) is 16.1. The third-order valence-corrected chi connectivity index (χ3v) is 7.86. The number of nitrogens with zero attached hydrogens (tertiary/aromatic N) is 6. The molecular formula is C27H31BrN6O3. The Balaban J connectivity index is 1.23. The maximum Gasteiger partial charge on any atom is 0.292 e. The number of nitro benzene ring substituents is 1. The highest BCUT2D eigenvalue weighted by molar-refractivity contribution is 9.10. The molecule has 0 unspecified atom stereocenters. The van der Waals surface area contributed by atoms with Crippen LogP contribution in [0.25, 0.3) is 11.3 Å². The molecule has 1 saturated heterocycles. The van der Waals surface area contributed by atoms with Crippen LogP contribution in [-0.4, -0.2) is 69.7 Å². The first-order valence-electron chi connectivity index (χ1n) is 12.7. The average Bonchev–Trinajstić information content (AvgIpc) is 3.27. The Bertz CT molecular complexity index is 1280. The SMILES string of the molecule is CC(=O)N1CCc2c(c(-c3ccc(Br)cc3)nn2CCCN2CCN(c3ccccc3[N+](=O)[O-])CC2)C1. The summed E-state index contributed by atoms with van der Waals surface area (Å²) in [5, 5.41) is 16.4. The van der Waals surface area contributed by atoms with Gasteiger partial charge >= 0.3 is 0 Å². The highest BCUT2D eigenvalue weighted by Crippen LogP contribution is 2.31. The van der Waals surface area contributed by atoms with Crippen LogP contribution in [0.1, 0.15) is 24.6 Å². The van der Waals surface area contributed by atoms with Crippen LogP contribution in [0.15, 0.2) is 53.0 Å². The van der Waals surface area contributed by atoms with Gasteiger partial charge in [-0.3, -0.25) is 24.5 Å². The number of carbonyl (C=O) groups excluding carboxylic acids is 1. The van der Waals surface area contributed by atoms with E-state index >= 15 is 0 Å². The van der Waals surface area contributed by atoms with Gasteiger partial charge in [-0.1, -0.05) is 40.2 Å². The summed E-state index contributed by atoms with van der Waals surface area (Å²) in [6.07, 6.45) is 1.78. The minimum absolute atomic E-state index is 0.0973. The van der Waals surface area contributed by atoms with Crippen LogP contribution >= 0.6 is 15.9 Å². The molecule has 0 atom stereocenters. The van der Waals surface area contributed by atoms with E-state index in [2.05, 4.69) is 42.5 Å². The van der Waals surface area contributed by atoms with Gasteiger partial charge in [0.15, 0.2) is 0 Å². The molecule has 0 radical (unpaired) electrons. The Kier molecular flexibility index (Phi) is 7.57. The van der Waals surface area contributed by atoms with Crippen molar-refractivity contribution in [2.24, 2.45) is 0 Å². The summed E-state index contributed by atoms with van der Waals surface area (Å²) in [6, 6.07) is 15.2. The molecule has 1 amide bonds. The fourth-order valence-corrected chi connectivity index (χ4v) is 5.59. The predicted molar refractivity (Wildman–Crippen MR) is 147 cm³/mol. The largest absolute Gasteiger partial charge is 0.363 e. The third kappa shape index (κ3) is 5.55. The molecule has 2 aliphatic rings. The van der Waals surface area contributed by atoms with E-state index in [1.807, 2.05) is 29.2 Å². The van der Waals surface area contributed by atoms with Gasteiger partial charge in [0.1, 0.15) is 5.69 Å². The van der Waals surface area contributed by atoms with Crippen LogP contribution in [0.2, 0.25) is 0 Å². The van der Waals surface area contributed by atoms with Gasteiger partial charge in [-0.25, -0.2) is 0 Å². The van der Waals surface area contributed by atoms with Crippen LogP contribution in [-0.2, 0) is 24.3 Å². The van der Waals surface area contributed by atoms with Gasteiger partial charge in [0.05, 0.1) is 10.6 Å². The van der Waals surface area contributed by atoms with E-state index in [-0.39, 0.29) is 16.5 Å². The molecule has 0 bridgehead atoms. The first-order chi connectivity index (χ1) is 17.9. The highest BCUT2D eigenvalue weighted by Gasteiger charge is 2.27. The van der Waals surface area contributed by atoms with Crippen molar-refractivity contribution in [2.45, 2.75) is 32.9 Å². The van der Waals surface area contributed by atoms with Crippen molar-refractivity contribution in [2.75, 3.05) is 44.2 Å². The molecule has 1 aromatic heterocycles. The quantitative estimate of drug-likeness (QED) is 0.312. The molecule has 5 rings (SSSR count). The fourth-order valence-electron chi connectivity index (χ4n) is 5.33. The topological polar surface area (TPSA) is 87.8 Å². The van der Waals surface area contributed by atoms with Gasteiger partial charge in [-0.15, -0.1) is 0 Å². The van der Waals surface area contributed by atoms with E-state index in [0.29, 0.717) is 12.2 Å². The molecule has 0 N–H and O–H groups in total. The van der Waals surface area contributed by atoms with Crippen molar-refractivity contribution < 1.29 is 9.72 Å². The van der Waals surface area contributed by atoms with E-state index in [0.717, 1.165) is 79.9 Å². The number of anilines is 1. The van der Waals surface area contributed by atoms with Gasteiger partial charge in [0, 0.05) is 93.1 Å². The molecule has 3 aromatic rings. The predicted octanol–water partition coefficient (Wildman–Crippen LogP) is 4.34. The zero-order valence-corrected chi connectivity index (χ0v) is 22.6. The molecular weight excluding hydrogens is 536 g/mol. The first kappa shape index (κ1) is 25.4. The third-order valence-electron chi connectivity index (χ3n) is 7.33. The molecule has 0 spiro atoms. The van der Waals surface area contributed by atoms with E-state index in [9.17, 15) is 14.9 Å². The number of hydrogen-bond acceptors (Lipinski definition) is 6. The number of aromatic nitrogens is 2. The molecule has 2 aliphatic heterocycles. The Hall–Kier alpha value is -3.24. The second-order valence-electron chi connectivity index (χ2n) is 9.62. The average molecular weight is 567 g/mol. The summed E-state index contributed by atoms with van der Waals surface area (Å²) in [5.74, 6) is 0.0973. The second-order valence-corrected chi connectivity index (χ2v) is 10.5. The van der Waals surface area contributed by atoms with Gasteiger partial charge in [0.25, 0.3) is 5.69 Å². The molecule has 0 aliphatic carbocycles. The molecule has 9 nitrogen and oxygen atoms in total. The lowest BCUT2D eigenvalue weighted by Crippen LogP contribution is -2.47. The van der Waals surface area contributed by atoms with Gasteiger partial charge < -0.3 is 9.80 Å². The maximum atomic E-state index is 12.1. The zero-order valence-electron chi connectivity index (χ0n) is 21.0. The minimum atomic E-state index is -0.301. The molecule has 2 aromatic carbocycles. The van der Waals surface area contributed by atoms with Crippen LogP contribution in [0.5, 0.6) is 0 Å². The lowest BCUT2D eigenvalue weighted by atomic mass is 10.0. The number of piperazine rings is 1. The number of aryl methyl sites for hydroxylation is 1. The van der Waals surface area contributed by atoms with Crippen molar-refractivity contribution >= 4 is 33.2 Å². The lowest BCUT2D eigenvalue weighted by molar-refractivity contribution is -0.384. The van der Waals surface area contributed by atoms with Crippen molar-refractivity contribution in [3.8, 4) is 11.3 Å². The van der Waals surface area contributed by atoms with E-state index < -0.39 is 0 Å². The zero-order chi connectivity index (χ0) is 25.9. The van der Waals surface area contributed by atoms with Crippen LogP contribution in [0.4, 0.5) is 11.4 Å². The van der Waals surface area contributed by atoms with Crippen molar-refractivity contribution in [3.05, 3.63) is 74.4 Å². The summed E-state index contributed by atoms with van der Waals surface area (Å²) in [4.78, 5) is 29.6. The minimum Gasteiger partial charge on any atom is -0.363 e. The van der Waals surface area contributed by atoms with Crippen LogP contribution < -0.4 is 4.90 Å². The van der Waals surface area contributed by atoms with Crippen LogP contribution in [0.3, 0.4) is 0 Å². The molecule has 194 valence electrons. The maximum absolute atomic E-state index is 12.1. The Morgan fingerprint density at radius 2 is 1.76 bits per heavy atom. The molecule has 0 saturated carbocycles. The lowest BCUT2D eigenvalue weighted by Gasteiger charge is -2.35. The van der Waals surface area contributed by atoms with E-state index in [4.69, 9.17) is 5.10 Å². The standard InChI is InChI=1S/C27H31BrN6O3/c1-20(35)32-14-11-24-23(19-32)27(21-7-9-22(28)10-8-21)29-33(24)13-4-12-30-15-17-31(18-16-30)25-5-2-3-6-26(25)34(36)37/h2-3,5-10H,4,11-19H2,1H3. The van der Waals surface area contributed by atoms with Gasteiger partial charge in [-0.2, -0.15) is 5.10 Å². The van der Waals surface area contributed by atoms with Crippen LogP contribution in [0, 0.1) is 10.1 Å². The number of hydrogen-bond donors (Lipinski definition) is 0. The summed E-state index contributed by atoms with van der Waals surface area (Å²) in [5.41, 5.74) is 5.29. The number of benzene rings is 2. The monoisotopic (exact) mass is 566 g/mol. The number of halogens is 1. The number of fused-ring (bicyclic) bond motifs is 1. The molecule has 37 heavy (non-hydrogen) atoms. The number of carbonyl (C=O) groups is 1. The highest BCUT2D eigenvalue weighted by atomic mass is 79.9. The Morgan fingerprint density at radius 1 is 1.03 bits per heavy atom. The summed E-state index contributed by atoms with van der Waals surface area (Å²) in [6.45, 7) is 8.03.